The molecule has 2 nitrogen and oxygen atoms in total. The van der Waals surface area contributed by atoms with E-state index in [0.29, 0.717) is 6.04 Å². The summed E-state index contributed by atoms with van der Waals surface area (Å²) in [5.74, 6) is 0. The Labute approximate surface area is 94.2 Å². The van der Waals surface area contributed by atoms with Gasteiger partial charge in [0.05, 0.1) is 0 Å². The predicted molar refractivity (Wildman–Crippen MR) is 65.2 cm³/mol. The van der Waals surface area contributed by atoms with E-state index >= 15 is 0 Å². The Bertz CT molecular complexity index is 310. The number of hydrogen-bond acceptors (Lipinski definition) is 2. The van der Waals surface area contributed by atoms with E-state index in [1.54, 1.807) is 0 Å². The van der Waals surface area contributed by atoms with Crippen molar-refractivity contribution in [3.05, 3.63) is 28.2 Å². The van der Waals surface area contributed by atoms with Crippen molar-refractivity contribution in [3.63, 3.8) is 0 Å². The van der Waals surface area contributed by atoms with E-state index in [-0.39, 0.29) is 0 Å². The van der Waals surface area contributed by atoms with Crippen molar-refractivity contribution in [1.82, 2.24) is 4.90 Å². The minimum Gasteiger partial charge on any atom is -0.398 e. The number of nitrogens with zero attached hydrogens (tertiary/aromatic N) is 1. The largest absolute Gasteiger partial charge is 0.398 e. The van der Waals surface area contributed by atoms with Crippen LogP contribution in [-0.4, -0.2) is 18.0 Å². The van der Waals surface area contributed by atoms with Crippen LogP contribution in [0.4, 0.5) is 5.69 Å². The van der Waals surface area contributed by atoms with Crippen LogP contribution in [0.5, 0.6) is 0 Å². The lowest BCUT2D eigenvalue weighted by atomic mass is 10.1. The molecule has 0 amide bonds. The van der Waals surface area contributed by atoms with Crippen LogP contribution in [0.1, 0.15) is 19.4 Å². The lowest BCUT2D eigenvalue weighted by Gasteiger charge is -2.21. The van der Waals surface area contributed by atoms with Gasteiger partial charge < -0.3 is 5.73 Å². The third-order valence-corrected chi connectivity index (χ3v) is 2.90. The molecule has 0 bridgehead atoms. The number of benzene rings is 1. The van der Waals surface area contributed by atoms with Crippen LogP contribution < -0.4 is 5.73 Å². The Morgan fingerprint density at radius 3 is 2.57 bits per heavy atom. The molecule has 0 radical (unpaired) electrons. The van der Waals surface area contributed by atoms with E-state index in [2.05, 4.69) is 47.8 Å². The van der Waals surface area contributed by atoms with Gasteiger partial charge in [-0.1, -0.05) is 22.0 Å². The SMILES string of the molecule is CC(C)N(C)Cc1ccc(Br)cc1N. The molecular formula is C11H17BrN2. The molecule has 0 heterocycles. The van der Waals surface area contributed by atoms with Crippen LogP contribution in [0.2, 0.25) is 0 Å². The van der Waals surface area contributed by atoms with Crippen LogP contribution in [-0.2, 0) is 6.54 Å². The van der Waals surface area contributed by atoms with E-state index in [9.17, 15) is 0 Å². The van der Waals surface area contributed by atoms with Crippen molar-refractivity contribution >= 4 is 21.6 Å². The molecule has 0 saturated heterocycles. The van der Waals surface area contributed by atoms with Crippen LogP contribution in [0.25, 0.3) is 0 Å². The van der Waals surface area contributed by atoms with Gasteiger partial charge in [-0.3, -0.25) is 4.90 Å². The van der Waals surface area contributed by atoms with Gasteiger partial charge in [-0.15, -0.1) is 0 Å². The van der Waals surface area contributed by atoms with Gasteiger partial charge in [-0.2, -0.15) is 0 Å². The molecule has 0 fully saturated rings. The summed E-state index contributed by atoms with van der Waals surface area (Å²) in [6.45, 7) is 5.25. The Morgan fingerprint density at radius 1 is 1.43 bits per heavy atom. The molecule has 1 rings (SSSR count). The second-order valence-corrected chi connectivity index (χ2v) is 4.77. The zero-order valence-corrected chi connectivity index (χ0v) is 10.5. The molecule has 0 spiro atoms. The summed E-state index contributed by atoms with van der Waals surface area (Å²) >= 11 is 3.40. The van der Waals surface area contributed by atoms with Crippen molar-refractivity contribution < 1.29 is 0 Å². The summed E-state index contributed by atoms with van der Waals surface area (Å²) in [7, 11) is 2.10. The summed E-state index contributed by atoms with van der Waals surface area (Å²) in [5.41, 5.74) is 7.95. The van der Waals surface area contributed by atoms with Gasteiger partial charge in [-0.05, 0) is 38.6 Å². The van der Waals surface area contributed by atoms with E-state index in [1.807, 2.05) is 12.1 Å². The molecule has 3 heteroatoms. The van der Waals surface area contributed by atoms with Gasteiger partial charge >= 0.3 is 0 Å². The number of hydrogen-bond donors (Lipinski definition) is 1. The molecule has 78 valence electrons. The highest BCUT2D eigenvalue weighted by Gasteiger charge is 2.06. The molecule has 0 unspecified atom stereocenters. The molecule has 0 aromatic heterocycles. The average molecular weight is 257 g/mol. The molecule has 0 atom stereocenters. The summed E-state index contributed by atoms with van der Waals surface area (Å²) in [5, 5.41) is 0. The third-order valence-electron chi connectivity index (χ3n) is 2.41. The summed E-state index contributed by atoms with van der Waals surface area (Å²) in [6, 6.07) is 6.58. The first-order chi connectivity index (χ1) is 6.50. The molecular weight excluding hydrogens is 240 g/mol. The predicted octanol–water partition coefficient (Wildman–Crippen LogP) is 2.87. The number of halogens is 1. The summed E-state index contributed by atoms with van der Waals surface area (Å²) < 4.78 is 1.03. The van der Waals surface area contributed by atoms with Gasteiger partial charge in [-0.25, -0.2) is 0 Å². The lowest BCUT2D eigenvalue weighted by molar-refractivity contribution is 0.266. The monoisotopic (exact) mass is 256 g/mol. The van der Waals surface area contributed by atoms with Crippen LogP contribution >= 0.6 is 15.9 Å². The van der Waals surface area contributed by atoms with E-state index in [1.165, 1.54) is 5.56 Å². The standard InChI is InChI=1S/C11H17BrN2/c1-8(2)14(3)7-9-4-5-10(12)6-11(9)13/h4-6,8H,7,13H2,1-3H3. The van der Waals surface area contributed by atoms with Crippen LogP contribution in [0.15, 0.2) is 22.7 Å². The topological polar surface area (TPSA) is 29.3 Å². The van der Waals surface area contributed by atoms with Crippen molar-refractivity contribution in [2.75, 3.05) is 12.8 Å². The fraction of sp³-hybridized carbons (Fsp3) is 0.455. The molecule has 0 aliphatic rings. The Kier molecular flexibility index (Phi) is 3.96. The third kappa shape index (κ3) is 3.00. The number of rotatable bonds is 3. The van der Waals surface area contributed by atoms with E-state index < -0.39 is 0 Å². The fourth-order valence-electron chi connectivity index (χ4n) is 1.16. The number of anilines is 1. The second kappa shape index (κ2) is 4.80. The normalized spacial score (nSPS) is 11.3. The smallest absolute Gasteiger partial charge is 0.0371 e. The zero-order chi connectivity index (χ0) is 10.7. The molecule has 0 saturated carbocycles. The molecule has 0 aliphatic carbocycles. The van der Waals surface area contributed by atoms with Gasteiger partial charge in [0.15, 0.2) is 0 Å². The maximum absolute atomic E-state index is 5.91. The van der Waals surface area contributed by atoms with Crippen molar-refractivity contribution in [1.29, 1.82) is 0 Å². The van der Waals surface area contributed by atoms with Gasteiger partial charge in [0.2, 0.25) is 0 Å². The summed E-state index contributed by atoms with van der Waals surface area (Å²) in [4.78, 5) is 2.26. The van der Waals surface area contributed by atoms with Crippen molar-refractivity contribution in [2.24, 2.45) is 0 Å². The van der Waals surface area contributed by atoms with Crippen molar-refractivity contribution in [3.8, 4) is 0 Å². The van der Waals surface area contributed by atoms with Crippen LogP contribution in [0, 0.1) is 0 Å². The first-order valence-corrected chi connectivity index (χ1v) is 5.54. The molecule has 2 N–H and O–H groups in total. The second-order valence-electron chi connectivity index (χ2n) is 3.85. The molecule has 1 aromatic rings. The van der Waals surface area contributed by atoms with E-state index in [4.69, 9.17) is 5.73 Å². The average Bonchev–Trinajstić information content (AvgIpc) is 2.09. The highest BCUT2D eigenvalue weighted by Crippen LogP contribution is 2.20. The lowest BCUT2D eigenvalue weighted by Crippen LogP contribution is -2.25. The minimum absolute atomic E-state index is 0.540. The van der Waals surface area contributed by atoms with Gasteiger partial charge in [0.1, 0.15) is 0 Å². The Hall–Kier alpha value is -0.540. The molecule has 1 aromatic carbocycles. The maximum atomic E-state index is 5.91. The Morgan fingerprint density at radius 2 is 2.07 bits per heavy atom. The summed E-state index contributed by atoms with van der Waals surface area (Å²) in [6.07, 6.45) is 0. The molecule has 0 aliphatic heterocycles. The minimum atomic E-state index is 0.540. The van der Waals surface area contributed by atoms with Crippen molar-refractivity contribution in [2.45, 2.75) is 26.4 Å². The first kappa shape index (κ1) is 11.5. The highest BCUT2D eigenvalue weighted by atomic mass is 79.9. The fourth-order valence-corrected chi connectivity index (χ4v) is 1.54. The number of nitrogens with two attached hydrogens (primary N) is 1. The van der Waals surface area contributed by atoms with Gasteiger partial charge in [0, 0.05) is 22.7 Å². The first-order valence-electron chi connectivity index (χ1n) is 4.75. The van der Waals surface area contributed by atoms with Gasteiger partial charge in [0.25, 0.3) is 0 Å². The van der Waals surface area contributed by atoms with E-state index in [0.717, 1.165) is 16.7 Å². The quantitative estimate of drug-likeness (QED) is 0.843. The maximum Gasteiger partial charge on any atom is 0.0371 e. The Balaban J connectivity index is 2.77. The highest BCUT2D eigenvalue weighted by molar-refractivity contribution is 9.10. The number of nitrogen functional groups attached to an aromatic ring is 1. The van der Waals surface area contributed by atoms with Crippen LogP contribution in [0.3, 0.4) is 0 Å². The molecule has 14 heavy (non-hydrogen) atoms. The zero-order valence-electron chi connectivity index (χ0n) is 8.92.